The van der Waals surface area contributed by atoms with E-state index in [-0.39, 0.29) is 0 Å². The van der Waals surface area contributed by atoms with Crippen LogP contribution in [0, 0.1) is 6.92 Å². The van der Waals surface area contributed by atoms with Gasteiger partial charge in [0.1, 0.15) is 0 Å². The first-order chi connectivity index (χ1) is 5.75. The van der Waals surface area contributed by atoms with Crippen molar-refractivity contribution in [2.75, 3.05) is 12.5 Å². The predicted molar refractivity (Wildman–Crippen MR) is 51.6 cm³/mol. The van der Waals surface area contributed by atoms with E-state index in [9.17, 15) is 0 Å². The van der Waals surface area contributed by atoms with E-state index in [4.69, 9.17) is 0 Å². The minimum atomic E-state index is 1.18. The van der Waals surface area contributed by atoms with Gasteiger partial charge < -0.3 is 0 Å². The van der Waals surface area contributed by atoms with Crippen molar-refractivity contribution in [3.8, 4) is 0 Å². The van der Waals surface area contributed by atoms with Gasteiger partial charge in [0.05, 0.1) is 5.69 Å². The number of rotatable bonds is 0. The van der Waals surface area contributed by atoms with Gasteiger partial charge in [-0.25, -0.2) is 0 Å². The number of fused-ring (bicyclic) bond motifs is 1. The molecule has 0 fully saturated rings. The first-order valence-electron chi connectivity index (χ1n) is 4.04. The van der Waals surface area contributed by atoms with Crippen LogP contribution in [0.4, 0.5) is 5.69 Å². The summed E-state index contributed by atoms with van der Waals surface area (Å²) in [5.74, 6) is 0. The molecule has 0 saturated heterocycles. The summed E-state index contributed by atoms with van der Waals surface area (Å²) in [7, 11) is 1.99. The molecule has 0 unspecified atom stereocenters. The molecule has 0 aromatic heterocycles. The van der Waals surface area contributed by atoms with Crippen LogP contribution in [-0.4, -0.2) is 12.1 Å². The highest BCUT2D eigenvalue weighted by Crippen LogP contribution is 2.22. The summed E-state index contributed by atoms with van der Waals surface area (Å²) in [5.41, 5.74) is 6.96. The van der Waals surface area contributed by atoms with Crippen LogP contribution in [0.2, 0.25) is 0 Å². The largest absolute Gasteiger partial charge is 0.299 e. The Kier molecular flexibility index (Phi) is 1.54. The lowest BCUT2D eigenvalue weighted by Crippen LogP contribution is -2.21. The molecule has 0 aliphatic carbocycles. The van der Waals surface area contributed by atoms with E-state index in [0.29, 0.717) is 0 Å². The number of nitrogens with one attached hydrogen (secondary N) is 1. The van der Waals surface area contributed by atoms with Gasteiger partial charge in [-0.15, -0.1) is 0 Å². The van der Waals surface area contributed by atoms with Crippen molar-refractivity contribution in [3.05, 3.63) is 35.5 Å². The highest BCUT2D eigenvalue weighted by molar-refractivity contribution is 5.69. The van der Waals surface area contributed by atoms with Gasteiger partial charge in [0.2, 0.25) is 0 Å². The van der Waals surface area contributed by atoms with Gasteiger partial charge in [0.25, 0.3) is 0 Å². The fourth-order valence-corrected chi connectivity index (χ4v) is 1.33. The van der Waals surface area contributed by atoms with Crippen molar-refractivity contribution < 1.29 is 0 Å². The maximum absolute atomic E-state index is 3.25. The van der Waals surface area contributed by atoms with E-state index in [1.807, 2.05) is 18.3 Å². The molecule has 0 atom stereocenters. The van der Waals surface area contributed by atoms with E-state index in [2.05, 4.69) is 36.6 Å². The maximum Gasteiger partial charge on any atom is 0.0617 e. The molecule has 1 heterocycles. The Morgan fingerprint density at radius 1 is 1.33 bits per heavy atom. The lowest BCUT2D eigenvalue weighted by atomic mass is 10.1. The molecule has 0 spiro atoms. The third-order valence-electron chi connectivity index (χ3n) is 1.98. The minimum Gasteiger partial charge on any atom is -0.299 e. The smallest absolute Gasteiger partial charge is 0.0617 e. The standard InChI is InChI=1S/C10H12N2/c1-8-3-4-9-5-6-12(2)11-10(9)7-8/h3-7,11H,1-2H3. The number of aryl methyl sites for hydroxylation is 1. The van der Waals surface area contributed by atoms with Gasteiger partial charge in [-0.3, -0.25) is 10.4 Å². The monoisotopic (exact) mass is 160 g/mol. The average molecular weight is 160 g/mol. The molecular weight excluding hydrogens is 148 g/mol. The van der Waals surface area contributed by atoms with Gasteiger partial charge in [0.15, 0.2) is 0 Å². The second-order valence-corrected chi connectivity index (χ2v) is 3.13. The normalized spacial score (nSPS) is 14.0. The summed E-state index contributed by atoms with van der Waals surface area (Å²) in [5, 5.41) is 1.95. The Labute approximate surface area is 72.5 Å². The van der Waals surface area contributed by atoms with Gasteiger partial charge in [-0.1, -0.05) is 12.1 Å². The predicted octanol–water partition coefficient (Wildman–Crippen LogP) is 2.24. The molecule has 1 aliphatic heterocycles. The molecular formula is C10H12N2. The van der Waals surface area contributed by atoms with E-state index in [0.717, 1.165) is 0 Å². The maximum atomic E-state index is 3.25. The summed E-state index contributed by atoms with van der Waals surface area (Å²) >= 11 is 0. The highest BCUT2D eigenvalue weighted by Gasteiger charge is 2.04. The van der Waals surface area contributed by atoms with Crippen molar-refractivity contribution in [2.45, 2.75) is 6.92 Å². The number of benzene rings is 1. The van der Waals surface area contributed by atoms with Gasteiger partial charge in [-0.2, -0.15) is 0 Å². The van der Waals surface area contributed by atoms with Crippen molar-refractivity contribution in [1.29, 1.82) is 0 Å². The quantitative estimate of drug-likeness (QED) is 0.626. The van der Waals surface area contributed by atoms with Crippen LogP contribution in [0.5, 0.6) is 0 Å². The zero-order valence-corrected chi connectivity index (χ0v) is 7.33. The first kappa shape index (κ1) is 7.22. The second-order valence-electron chi connectivity index (χ2n) is 3.13. The number of hydrogen-bond acceptors (Lipinski definition) is 2. The molecule has 0 amide bonds. The first-order valence-corrected chi connectivity index (χ1v) is 4.04. The van der Waals surface area contributed by atoms with Crippen molar-refractivity contribution in [2.24, 2.45) is 0 Å². The Hall–Kier alpha value is -1.44. The van der Waals surface area contributed by atoms with Crippen LogP contribution in [0.25, 0.3) is 6.08 Å². The molecule has 0 saturated carbocycles. The van der Waals surface area contributed by atoms with Crippen LogP contribution < -0.4 is 5.43 Å². The average Bonchev–Trinajstić information content (AvgIpc) is 2.03. The van der Waals surface area contributed by atoms with E-state index in [1.54, 1.807) is 0 Å². The van der Waals surface area contributed by atoms with Crippen molar-refractivity contribution >= 4 is 11.8 Å². The van der Waals surface area contributed by atoms with Gasteiger partial charge in [-0.05, 0) is 24.6 Å². The number of hydrazine groups is 1. The summed E-state index contributed by atoms with van der Waals surface area (Å²) in [6, 6.07) is 6.40. The minimum absolute atomic E-state index is 1.18. The van der Waals surface area contributed by atoms with Crippen molar-refractivity contribution in [1.82, 2.24) is 5.01 Å². The van der Waals surface area contributed by atoms with Crippen LogP contribution in [0.3, 0.4) is 0 Å². The zero-order valence-electron chi connectivity index (χ0n) is 7.33. The molecule has 2 nitrogen and oxygen atoms in total. The Morgan fingerprint density at radius 2 is 2.17 bits per heavy atom. The van der Waals surface area contributed by atoms with E-state index < -0.39 is 0 Å². The molecule has 2 rings (SSSR count). The second kappa shape index (κ2) is 2.55. The number of hydrogen-bond donors (Lipinski definition) is 1. The topological polar surface area (TPSA) is 15.3 Å². The molecule has 12 heavy (non-hydrogen) atoms. The molecule has 0 radical (unpaired) electrons. The van der Waals surface area contributed by atoms with E-state index in [1.165, 1.54) is 16.8 Å². The molecule has 1 aliphatic rings. The molecule has 2 heteroatoms. The lowest BCUT2D eigenvalue weighted by Gasteiger charge is -2.23. The number of nitrogens with zero attached hydrogens (tertiary/aromatic N) is 1. The van der Waals surface area contributed by atoms with Crippen LogP contribution in [0.1, 0.15) is 11.1 Å². The fourth-order valence-electron chi connectivity index (χ4n) is 1.33. The highest BCUT2D eigenvalue weighted by atomic mass is 15.5. The molecule has 1 aromatic carbocycles. The van der Waals surface area contributed by atoms with Crippen LogP contribution in [-0.2, 0) is 0 Å². The summed E-state index contributed by atoms with van der Waals surface area (Å²) < 4.78 is 0. The van der Waals surface area contributed by atoms with Crippen LogP contribution >= 0.6 is 0 Å². The number of anilines is 1. The Bertz CT molecular complexity index is 329. The lowest BCUT2D eigenvalue weighted by molar-refractivity contribution is 0.550. The summed E-state index contributed by atoms with van der Waals surface area (Å²) in [6.07, 6.45) is 4.11. The van der Waals surface area contributed by atoms with Gasteiger partial charge in [0, 0.05) is 18.8 Å². The summed E-state index contributed by atoms with van der Waals surface area (Å²) in [6.45, 7) is 2.10. The third kappa shape index (κ3) is 1.16. The van der Waals surface area contributed by atoms with E-state index >= 15 is 0 Å². The van der Waals surface area contributed by atoms with Gasteiger partial charge >= 0.3 is 0 Å². The molecule has 0 bridgehead atoms. The molecule has 1 aromatic rings. The molecule has 1 N–H and O–H groups in total. The molecule has 62 valence electrons. The zero-order chi connectivity index (χ0) is 8.55. The third-order valence-corrected chi connectivity index (χ3v) is 1.98. The Balaban J connectivity index is 2.47. The van der Waals surface area contributed by atoms with Crippen LogP contribution in [0.15, 0.2) is 24.4 Å². The fraction of sp³-hybridized carbons (Fsp3) is 0.200. The summed E-state index contributed by atoms with van der Waals surface area (Å²) in [4.78, 5) is 0. The van der Waals surface area contributed by atoms with Crippen molar-refractivity contribution in [3.63, 3.8) is 0 Å². The Morgan fingerprint density at radius 3 is 3.00 bits per heavy atom. The SMILES string of the molecule is Cc1ccc2c(c1)NN(C)C=C2.